The monoisotopic (exact) mass is 409 g/mol. The minimum Gasteiger partial charge on any atom is -0.487 e. The van der Waals surface area contributed by atoms with Crippen LogP contribution in [0.3, 0.4) is 0 Å². The number of benzene rings is 1. The predicted octanol–water partition coefficient (Wildman–Crippen LogP) is 4.31. The average Bonchev–Trinajstić information content (AvgIpc) is 3.19. The molecule has 3 aromatic rings. The van der Waals surface area contributed by atoms with Crippen LogP contribution in [0.1, 0.15) is 16.1 Å². The number of thiazole rings is 1. The Morgan fingerprint density at radius 3 is 2.68 bits per heavy atom. The Morgan fingerprint density at radius 2 is 2.00 bits per heavy atom. The fourth-order valence-corrected chi connectivity index (χ4v) is 2.63. The maximum Gasteiger partial charge on any atom is 0.422 e. The summed E-state index contributed by atoms with van der Waals surface area (Å²) in [6.07, 6.45) is -3.23. The molecule has 0 bridgehead atoms. The minimum absolute atomic E-state index is 0.187. The van der Waals surface area contributed by atoms with E-state index in [2.05, 4.69) is 20.0 Å². The van der Waals surface area contributed by atoms with Gasteiger partial charge in [-0.15, -0.1) is 11.3 Å². The van der Waals surface area contributed by atoms with Crippen LogP contribution in [-0.4, -0.2) is 28.7 Å². The van der Waals surface area contributed by atoms with Crippen LogP contribution in [-0.2, 0) is 6.61 Å². The number of amides is 1. The predicted molar refractivity (Wildman–Crippen MR) is 96.6 cm³/mol. The lowest BCUT2D eigenvalue weighted by Gasteiger charge is -2.10. The lowest BCUT2D eigenvalue weighted by atomic mass is 10.2. The third-order valence-electron chi connectivity index (χ3n) is 3.34. The van der Waals surface area contributed by atoms with Crippen molar-refractivity contribution in [3.05, 3.63) is 64.7 Å². The maximum atomic E-state index is 12.4. The summed E-state index contributed by atoms with van der Waals surface area (Å²) in [5, 5.41) is 4.48. The topological polar surface area (TPSA) is 73.3 Å². The van der Waals surface area contributed by atoms with E-state index < -0.39 is 18.7 Å². The van der Waals surface area contributed by atoms with Crippen molar-refractivity contribution in [1.29, 1.82) is 0 Å². The first-order valence-electron chi connectivity index (χ1n) is 7.96. The van der Waals surface area contributed by atoms with E-state index >= 15 is 0 Å². The van der Waals surface area contributed by atoms with Gasteiger partial charge in [-0.25, -0.2) is 9.97 Å². The lowest BCUT2D eigenvalue weighted by molar-refractivity contribution is -0.154. The molecular formula is C18H14F3N3O3S. The zero-order valence-electron chi connectivity index (χ0n) is 14.3. The quantitative estimate of drug-likeness (QED) is 0.630. The number of hydrogen-bond acceptors (Lipinski definition) is 6. The highest BCUT2D eigenvalue weighted by Gasteiger charge is 2.28. The van der Waals surface area contributed by atoms with Gasteiger partial charge in [0.2, 0.25) is 5.88 Å². The largest absolute Gasteiger partial charge is 0.487 e. The zero-order valence-corrected chi connectivity index (χ0v) is 15.1. The molecule has 2 heterocycles. The zero-order chi connectivity index (χ0) is 20.0. The van der Waals surface area contributed by atoms with Crippen LogP contribution in [0.4, 0.5) is 18.9 Å². The molecule has 0 radical (unpaired) electrons. The van der Waals surface area contributed by atoms with E-state index in [1.54, 1.807) is 29.8 Å². The van der Waals surface area contributed by atoms with E-state index in [1.165, 1.54) is 29.7 Å². The van der Waals surface area contributed by atoms with Crippen LogP contribution in [0.25, 0.3) is 0 Å². The number of ether oxygens (including phenoxy) is 2. The van der Waals surface area contributed by atoms with Gasteiger partial charge >= 0.3 is 6.18 Å². The molecule has 0 saturated carbocycles. The molecule has 0 fully saturated rings. The van der Waals surface area contributed by atoms with Crippen molar-refractivity contribution in [1.82, 2.24) is 9.97 Å². The molecule has 0 unspecified atom stereocenters. The number of hydrogen-bond donors (Lipinski definition) is 1. The van der Waals surface area contributed by atoms with E-state index in [9.17, 15) is 18.0 Å². The fraction of sp³-hybridized carbons (Fsp3) is 0.167. The second-order valence-corrected chi connectivity index (χ2v) is 6.26. The summed E-state index contributed by atoms with van der Waals surface area (Å²) in [5.74, 6) is -0.0905. The van der Waals surface area contributed by atoms with Crippen molar-refractivity contribution in [3.63, 3.8) is 0 Å². The summed E-state index contributed by atoms with van der Waals surface area (Å²) in [5.41, 5.74) is 3.17. The maximum absolute atomic E-state index is 12.4. The van der Waals surface area contributed by atoms with Gasteiger partial charge in [-0.1, -0.05) is 6.07 Å². The van der Waals surface area contributed by atoms with Gasteiger partial charge in [-0.3, -0.25) is 4.79 Å². The highest BCUT2D eigenvalue weighted by Crippen LogP contribution is 2.19. The van der Waals surface area contributed by atoms with Crippen LogP contribution in [0, 0.1) is 0 Å². The third kappa shape index (κ3) is 5.95. The fourth-order valence-electron chi connectivity index (χ4n) is 2.09. The van der Waals surface area contributed by atoms with Crippen LogP contribution in [0.15, 0.2) is 53.5 Å². The highest BCUT2D eigenvalue weighted by atomic mass is 32.1. The summed E-state index contributed by atoms with van der Waals surface area (Å²) < 4.78 is 46.5. The highest BCUT2D eigenvalue weighted by molar-refractivity contribution is 7.07. The van der Waals surface area contributed by atoms with Crippen molar-refractivity contribution in [2.45, 2.75) is 12.8 Å². The summed E-state index contributed by atoms with van der Waals surface area (Å²) in [6.45, 7) is -1.14. The Hall–Kier alpha value is -3.14. The molecular weight excluding hydrogens is 395 g/mol. The molecule has 6 nitrogen and oxygen atoms in total. The van der Waals surface area contributed by atoms with Crippen LogP contribution in [0.2, 0.25) is 0 Å². The smallest absolute Gasteiger partial charge is 0.422 e. The molecule has 10 heteroatoms. The van der Waals surface area contributed by atoms with Crippen LogP contribution < -0.4 is 14.8 Å². The van der Waals surface area contributed by atoms with E-state index in [1.807, 2.05) is 5.38 Å². The molecule has 28 heavy (non-hydrogen) atoms. The van der Waals surface area contributed by atoms with Crippen molar-refractivity contribution in [2.24, 2.45) is 0 Å². The number of carbonyl (C=O) groups excluding carboxylic acids is 1. The molecule has 146 valence electrons. The van der Waals surface area contributed by atoms with Gasteiger partial charge in [-0.2, -0.15) is 13.2 Å². The average molecular weight is 409 g/mol. The Labute approximate surface area is 162 Å². The number of carbonyl (C=O) groups is 1. The summed E-state index contributed by atoms with van der Waals surface area (Å²) >= 11 is 1.46. The molecule has 1 aromatic carbocycles. The van der Waals surface area contributed by atoms with Crippen LogP contribution in [0.5, 0.6) is 11.6 Å². The van der Waals surface area contributed by atoms with Crippen LogP contribution >= 0.6 is 11.3 Å². The Bertz CT molecular complexity index is 916. The first-order chi connectivity index (χ1) is 13.4. The van der Waals surface area contributed by atoms with Gasteiger partial charge in [0.05, 0.1) is 23.1 Å². The number of nitrogens with one attached hydrogen (secondary N) is 1. The van der Waals surface area contributed by atoms with Crippen molar-refractivity contribution < 1.29 is 27.4 Å². The lowest BCUT2D eigenvalue weighted by Crippen LogP contribution is -2.19. The Morgan fingerprint density at radius 1 is 1.14 bits per heavy atom. The standard InChI is InChI=1S/C18H14F3N3O3S/c19-18(20,21)10-27-16-5-4-13(7-22-16)24-17(25)12-2-1-3-15(6-12)26-8-14-9-28-11-23-14/h1-7,9,11H,8,10H2,(H,24,25). The number of aromatic nitrogens is 2. The van der Waals surface area contributed by atoms with E-state index in [0.717, 1.165) is 5.69 Å². The van der Waals surface area contributed by atoms with Gasteiger partial charge in [0.25, 0.3) is 5.91 Å². The molecule has 1 amide bonds. The molecule has 0 saturated heterocycles. The normalized spacial score (nSPS) is 11.1. The second kappa shape index (κ2) is 8.70. The van der Waals surface area contributed by atoms with E-state index in [4.69, 9.17) is 4.74 Å². The Kier molecular flexibility index (Phi) is 6.09. The molecule has 3 rings (SSSR count). The number of pyridine rings is 1. The van der Waals surface area contributed by atoms with Crippen molar-refractivity contribution >= 4 is 22.9 Å². The molecule has 2 aromatic heterocycles. The number of anilines is 1. The molecule has 0 aliphatic rings. The Balaban J connectivity index is 1.57. The van der Waals surface area contributed by atoms with Crippen molar-refractivity contribution in [2.75, 3.05) is 11.9 Å². The SMILES string of the molecule is O=C(Nc1ccc(OCC(F)(F)F)nc1)c1cccc(OCc2cscn2)c1. The number of halogens is 3. The van der Waals surface area contributed by atoms with Gasteiger partial charge in [0.15, 0.2) is 6.61 Å². The number of nitrogens with zero attached hydrogens (tertiary/aromatic N) is 2. The molecule has 0 aliphatic heterocycles. The van der Waals surface area contributed by atoms with Gasteiger partial charge in [0, 0.05) is 17.0 Å². The van der Waals surface area contributed by atoms with Gasteiger partial charge in [-0.05, 0) is 24.3 Å². The first-order valence-corrected chi connectivity index (χ1v) is 8.90. The molecule has 0 aliphatic carbocycles. The van der Waals surface area contributed by atoms with E-state index in [-0.39, 0.29) is 12.5 Å². The second-order valence-electron chi connectivity index (χ2n) is 5.54. The first kappa shape index (κ1) is 19.6. The summed E-state index contributed by atoms with van der Waals surface area (Å²) in [4.78, 5) is 20.2. The summed E-state index contributed by atoms with van der Waals surface area (Å²) in [7, 11) is 0. The third-order valence-corrected chi connectivity index (χ3v) is 3.98. The molecule has 0 atom stereocenters. The van der Waals surface area contributed by atoms with Gasteiger partial charge in [0.1, 0.15) is 12.4 Å². The van der Waals surface area contributed by atoms with Crippen molar-refractivity contribution in [3.8, 4) is 11.6 Å². The minimum atomic E-state index is -4.44. The number of rotatable bonds is 7. The van der Waals surface area contributed by atoms with E-state index in [0.29, 0.717) is 17.0 Å². The molecule has 1 N–H and O–H groups in total. The number of alkyl halides is 3. The summed E-state index contributed by atoms with van der Waals surface area (Å²) in [6, 6.07) is 9.23. The van der Waals surface area contributed by atoms with Gasteiger partial charge < -0.3 is 14.8 Å². The molecule has 0 spiro atoms.